The zero-order valence-electron chi connectivity index (χ0n) is 13.1. The monoisotopic (exact) mass is 316 g/mol. The smallest absolute Gasteiger partial charge is 0.319 e. The number of ether oxygens (including phenoxy) is 2. The first-order valence-corrected chi connectivity index (χ1v) is 7.14. The summed E-state index contributed by atoms with van der Waals surface area (Å²) >= 11 is 0. The summed E-state index contributed by atoms with van der Waals surface area (Å²) in [5.41, 5.74) is 1.26. The van der Waals surface area contributed by atoms with Gasteiger partial charge in [-0.2, -0.15) is 0 Å². The number of rotatable bonds is 6. The summed E-state index contributed by atoms with van der Waals surface area (Å²) < 4.78 is 10.2. The van der Waals surface area contributed by atoms with Gasteiger partial charge in [-0.25, -0.2) is 4.79 Å². The minimum atomic E-state index is -0.854. The number of para-hydroxylation sites is 1. The van der Waals surface area contributed by atoms with Crippen LogP contribution in [-0.4, -0.2) is 31.9 Å². The van der Waals surface area contributed by atoms with Crippen LogP contribution in [0, 0.1) is 0 Å². The van der Waals surface area contributed by atoms with Crippen molar-refractivity contribution in [2.45, 2.75) is 6.10 Å². The summed E-state index contributed by atoms with van der Waals surface area (Å²) in [6.07, 6.45) is -0.854. The summed E-state index contributed by atoms with van der Waals surface area (Å²) in [5, 5.41) is 15.5. The van der Waals surface area contributed by atoms with Crippen LogP contribution >= 0.6 is 0 Å². The standard InChI is InChI=1S/C17H20N2O4/c1-22-13-9-7-12(8-10-13)19-17(21)18-11-15(20)14-5-3-4-6-16(14)23-2/h3-10,15,20H,11H2,1-2H3,(H2,18,19,21)/t15-/m0/s1. The van der Waals surface area contributed by atoms with Crippen LogP contribution in [0.5, 0.6) is 11.5 Å². The van der Waals surface area contributed by atoms with Gasteiger partial charge >= 0.3 is 6.03 Å². The molecule has 0 unspecified atom stereocenters. The van der Waals surface area contributed by atoms with E-state index in [9.17, 15) is 9.90 Å². The average Bonchev–Trinajstić information content (AvgIpc) is 2.60. The maximum absolute atomic E-state index is 11.9. The normalized spacial score (nSPS) is 11.4. The van der Waals surface area contributed by atoms with Crippen molar-refractivity contribution in [3.63, 3.8) is 0 Å². The molecule has 0 aliphatic rings. The number of urea groups is 1. The van der Waals surface area contributed by atoms with Crippen molar-refractivity contribution in [2.24, 2.45) is 0 Å². The van der Waals surface area contributed by atoms with Crippen LogP contribution in [0.25, 0.3) is 0 Å². The predicted octanol–water partition coefficient (Wildman–Crippen LogP) is 2.56. The number of hydrogen-bond acceptors (Lipinski definition) is 4. The molecule has 6 heteroatoms. The Morgan fingerprint density at radius 3 is 2.43 bits per heavy atom. The van der Waals surface area contributed by atoms with Crippen LogP contribution < -0.4 is 20.1 Å². The molecule has 23 heavy (non-hydrogen) atoms. The molecule has 2 aromatic carbocycles. The van der Waals surface area contributed by atoms with E-state index in [0.29, 0.717) is 22.7 Å². The average molecular weight is 316 g/mol. The third-order valence-corrected chi connectivity index (χ3v) is 3.30. The predicted molar refractivity (Wildman–Crippen MR) is 88.0 cm³/mol. The fourth-order valence-electron chi connectivity index (χ4n) is 2.09. The summed E-state index contributed by atoms with van der Waals surface area (Å²) in [7, 11) is 3.11. The van der Waals surface area contributed by atoms with Crippen LogP contribution in [0.2, 0.25) is 0 Å². The first-order chi connectivity index (χ1) is 11.1. The highest BCUT2D eigenvalue weighted by molar-refractivity contribution is 5.89. The molecule has 0 heterocycles. The summed E-state index contributed by atoms with van der Waals surface area (Å²) in [4.78, 5) is 11.9. The Labute approximate surface area is 135 Å². The Balaban J connectivity index is 1.88. The first-order valence-electron chi connectivity index (χ1n) is 7.14. The SMILES string of the molecule is COc1ccc(NC(=O)NC[C@H](O)c2ccccc2OC)cc1. The summed E-state index contributed by atoms with van der Waals surface area (Å²) in [6.45, 7) is 0.0718. The van der Waals surface area contributed by atoms with Gasteiger partial charge in [0.25, 0.3) is 0 Å². The maximum atomic E-state index is 11.9. The summed E-state index contributed by atoms with van der Waals surface area (Å²) in [6, 6.07) is 13.7. The highest BCUT2D eigenvalue weighted by atomic mass is 16.5. The van der Waals surface area contributed by atoms with Gasteiger partial charge in [-0.3, -0.25) is 0 Å². The Kier molecular flexibility index (Phi) is 5.82. The molecule has 0 saturated heterocycles. The molecule has 2 aromatic rings. The van der Waals surface area contributed by atoms with Crippen molar-refractivity contribution in [1.82, 2.24) is 5.32 Å². The Bertz CT molecular complexity index is 643. The Morgan fingerprint density at radius 1 is 1.09 bits per heavy atom. The number of aliphatic hydroxyl groups is 1. The lowest BCUT2D eigenvalue weighted by Gasteiger charge is -2.15. The van der Waals surface area contributed by atoms with E-state index in [1.807, 2.05) is 6.07 Å². The second-order valence-corrected chi connectivity index (χ2v) is 4.82. The molecule has 0 radical (unpaired) electrons. The van der Waals surface area contributed by atoms with Crippen molar-refractivity contribution in [3.8, 4) is 11.5 Å². The molecule has 0 aromatic heterocycles. The third kappa shape index (κ3) is 4.62. The molecule has 3 N–H and O–H groups in total. The van der Waals surface area contributed by atoms with Crippen LogP contribution in [0.15, 0.2) is 48.5 Å². The van der Waals surface area contributed by atoms with Gasteiger partial charge in [-0.15, -0.1) is 0 Å². The van der Waals surface area contributed by atoms with Crippen molar-refractivity contribution < 1.29 is 19.4 Å². The van der Waals surface area contributed by atoms with E-state index in [1.165, 1.54) is 7.11 Å². The lowest BCUT2D eigenvalue weighted by molar-refractivity contribution is 0.171. The Hall–Kier alpha value is -2.73. The first kappa shape index (κ1) is 16.6. The van der Waals surface area contributed by atoms with E-state index in [1.54, 1.807) is 49.6 Å². The molecule has 0 spiro atoms. The number of amides is 2. The van der Waals surface area contributed by atoms with E-state index >= 15 is 0 Å². The quantitative estimate of drug-likeness (QED) is 0.765. The van der Waals surface area contributed by atoms with Gasteiger partial charge in [0.05, 0.1) is 20.3 Å². The van der Waals surface area contributed by atoms with Crippen LogP contribution in [0.3, 0.4) is 0 Å². The second-order valence-electron chi connectivity index (χ2n) is 4.82. The number of methoxy groups -OCH3 is 2. The largest absolute Gasteiger partial charge is 0.497 e. The number of hydrogen-bond donors (Lipinski definition) is 3. The van der Waals surface area contributed by atoms with Gasteiger partial charge in [0.2, 0.25) is 0 Å². The van der Waals surface area contributed by atoms with Crippen molar-refractivity contribution in [3.05, 3.63) is 54.1 Å². The van der Waals surface area contributed by atoms with Crippen LogP contribution in [0.1, 0.15) is 11.7 Å². The van der Waals surface area contributed by atoms with Crippen molar-refractivity contribution >= 4 is 11.7 Å². The molecule has 0 saturated carbocycles. The Morgan fingerprint density at radius 2 is 1.78 bits per heavy atom. The summed E-state index contributed by atoms with van der Waals surface area (Å²) in [5.74, 6) is 1.29. The van der Waals surface area contributed by atoms with Crippen molar-refractivity contribution in [2.75, 3.05) is 26.1 Å². The van der Waals surface area contributed by atoms with E-state index in [2.05, 4.69) is 10.6 Å². The third-order valence-electron chi connectivity index (χ3n) is 3.30. The molecule has 2 rings (SSSR count). The van der Waals surface area contributed by atoms with Crippen molar-refractivity contribution in [1.29, 1.82) is 0 Å². The van der Waals surface area contributed by atoms with E-state index in [0.717, 1.165) is 0 Å². The molecule has 0 aliphatic heterocycles. The number of nitrogens with one attached hydrogen (secondary N) is 2. The molecular formula is C17H20N2O4. The minimum absolute atomic E-state index is 0.0718. The lowest BCUT2D eigenvalue weighted by Crippen LogP contribution is -2.32. The van der Waals surface area contributed by atoms with Gasteiger partial charge < -0.3 is 25.2 Å². The lowest BCUT2D eigenvalue weighted by atomic mass is 10.1. The highest BCUT2D eigenvalue weighted by Crippen LogP contribution is 2.24. The molecule has 0 aliphatic carbocycles. The highest BCUT2D eigenvalue weighted by Gasteiger charge is 2.13. The van der Waals surface area contributed by atoms with Gasteiger partial charge in [0.15, 0.2) is 0 Å². The zero-order chi connectivity index (χ0) is 16.7. The van der Waals surface area contributed by atoms with Gasteiger partial charge in [-0.1, -0.05) is 18.2 Å². The second kappa shape index (κ2) is 8.05. The number of carbonyl (C=O) groups is 1. The van der Waals surface area contributed by atoms with E-state index < -0.39 is 12.1 Å². The number of carbonyl (C=O) groups excluding carboxylic acids is 1. The molecule has 1 atom stereocenters. The van der Waals surface area contributed by atoms with Gasteiger partial charge in [0, 0.05) is 17.8 Å². The molecule has 0 fully saturated rings. The molecule has 0 bridgehead atoms. The maximum Gasteiger partial charge on any atom is 0.319 e. The van der Waals surface area contributed by atoms with Crippen LogP contribution in [0.4, 0.5) is 10.5 Å². The molecule has 122 valence electrons. The van der Waals surface area contributed by atoms with E-state index in [4.69, 9.17) is 9.47 Å². The number of benzene rings is 2. The molecular weight excluding hydrogens is 296 g/mol. The fourth-order valence-corrected chi connectivity index (χ4v) is 2.09. The van der Waals surface area contributed by atoms with E-state index in [-0.39, 0.29) is 6.54 Å². The number of anilines is 1. The topological polar surface area (TPSA) is 79.8 Å². The zero-order valence-corrected chi connectivity index (χ0v) is 13.1. The molecule has 2 amide bonds. The number of aliphatic hydroxyl groups excluding tert-OH is 1. The van der Waals surface area contributed by atoms with Crippen LogP contribution in [-0.2, 0) is 0 Å². The minimum Gasteiger partial charge on any atom is -0.497 e. The van der Waals surface area contributed by atoms with Gasteiger partial charge in [0.1, 0.15) is 11.5 Å². The fraction of sp³-hybridized carbons (Fsp3) is 0.235. The van der Waals surface area contributed by atoms with Gasteiger partial charge in [-0.05, 0) is 30.3 Å². The molecule has 6 nitrogen and oxygen atoms in total.